The van der Waals surface area contributed by atoms with Crippen molar-refractivity contribution in [3.63, 3.8) is 0 Å². The summed E-state index contributed by atoms with van der Waals surface area (Å²) in [6.07, 6.45) is 0.410. The van der Waals surface area contributed by atoms with Gasteiger partial charge >= 0.3 is 0 Å². The van der Waals surface area contributed by atoms with Crippen molar-refractivity contribution in [2.24, 2.45) is 0 Å². The number of Topliss-reactive ketones (excluding diaryl/α,β-unsaturated/α-hetero) is 1. The van der Waals surface area contributed by atoms with E-state index in [1.165, 1.54) is 12.1 Å². The van der Waals surface area contributed by atoms with Crippen molar-refractivity contribution in [1.29, 1.82) is 0 Å². The number of carbonyl (C=O) groups excluding carboxylic acids is 1. The summed E-state index contributed by atoms with van der Waals surface area (Å²) in [5.74, 6) is 0.141. The molecule has 0 spiro atoms. The largest absolute Gasteiger partial charge is 0.373 e. The van der Waals surface area contributed by atoms with Gasteiger partial charge in [-0.15, -0.1) is 0 Å². The van der Waals surface area contributed by atoms with Gasteiger partial charge in [0.05, 0.1) is 17.6 Å². The van der Waals surface area contributed by atoms with E-state index in [1.54, 1.807) is 12.1 Å². The maximum absolute atomic E-state index is 11.3. The van der Waals surface area contributed by atoms with Gasteiger partial charge < -0.3 is 4.74 Å². The number of hydrogen-bond acceptors (Lipinski definition) is 4. The second-order valence-electron chi connectivity index (χ2n) is 3.70. The molecule has 1 aliphatic rings. The van der Waals surface area contributed by atoms with Crippen molar-refractivity contribution >= 4 is 11.5 Å². The third kappa shape index (κ3) is 2.25. The second-order valence-corrected chi connectivity index (χ2v) is 3.70. The van der Waals surface area contributed by atoms with Gasteiger partial charge in [0.15, 0.2) is 0 Å². The predicted octanol–water partition coefficient (Wildman–Crippen LogP) is 2.02. The van der Waals surface area contributed by atoms with Crippen LogP contribution in [0.25, 0.3) is 0 Å². The van der Waals surface area contributed by atoms with Crippen molar-refractivity contribution in [3.05, 3.63) is 39.9 Å². The third-order valence-corrected chi connectivity index (χ3v) is 2.57. The molecule has 1 aromatic carbocycles. The van der Waals surface area contributed by atoms with Gasteiger partial charge in [0, 0.05) is 25.0 Å². The number of nitro groups is 1. The van der Waals surface area contributed by atoms with Crippen molar-refractivity contribution in [2.75, 3.05) is 6.61 Å². The number of ether oxygens (including phenoxy) is 1. The Labute approximate surface area is 92.2 Å². The van der Waals surface area contributed by atoms with Crippen molar-refractivity contribution in [3.8, 4) is 0 Å². The number of benzene rings is 1. The maximum Gasteiger partial charge on any atom is 0.269 e. The van der Waals surface area contributed by atoms with E-state index >= 15 is 0 Å². The molecule has 1 unspecified atom stereocenters. The van der Waals surface area contributed by atoms with Crippen LogP contribution in [0.5, 0.6) is 0 Å². The number of non-ortho nitro benzene ring substituents is 1. The number of nitro benzene ring substituents is 1. The van der Waals surface area contributed by atoms with Crippen LogP contribution in [-0.4, -0.2) is 17.3 Å². The fourth-order valence-electron chi connectivity index (χ4n) is 1.74. The van der Waals surface area contributed by atoms with Crippen LogP contribution in [0, 0.1) is 10.1 Å². The Kier molecular flexibility index (Phi) is 2.96. The molecule has 1 aliphatic heterocycles. The molecule has 0 amide bonds. The van der Waals surface area contributed by atoms with Crippen LogP contribution in [0.15, 0.2) is 24.3 Å². The summed E-state index contributed by atoms with van der Waals surface area (Å²) in [4.78, 5) is 21.4. The van der Waals surface area contributed by atoms with Gasteiger partial charge in [-0.1, -0.05) is 12.1 Å². The molecule has 2 rings (SSSR count). The molecule has 84 valence electrons. The molecule has 5 heteroatoms. The fourth-order valence-corrected chi connectivity index (χ4v) is 1.74. The van der Waals surface area contributed by atoms with Crippen LogP contribution in [0.1, 0.15) is 24.5 Å². The molecule has 1 heterocycles. The molecule has 1 aromatic rings. The Morgan fingerprint density at radius 1 is 1.44 bits per heavy atom. The zero-order valence-electron chi connectivity index (χ0n) is 8.59. The van der Waals surface area contributed by atoms with E-state index in [9.17, 15) is 14.9 Å². The maximum atomic E-state index is 11.3. The lowest BCUT2D eigenvalue weighted by Crippen LogP contribution is -2.19. The van der Waals surface area contributed by atoms with E-state index in [1.807, 2.05) is 0 Å². The number of rotatable bonds is 2. The summed E-state index contributed by atoms with van der Waals surface area (Å²) < 4.78 is 5.43. The highest BCUT2D eigenvalue weighted by Gasteiger charge is 2.22. The normalized spacial score (nSPS) is 20.8. The van der Waals surface area contributed by atoms with Crippen LogP contribution in [0.4, 0.5) is 5.69 Å². The topological polar surface area (TPSA) is 69.4 Å². The van der Waals surface area contributed by atoms with Gasteiger partial charge in [0.25, 0.3) is 5.69 Å². The third-order valence-electron chi connectivity index (χ3n) is 2.57. The average Bonchev–Trinajstić information content (AvgIpc) is 2.29. The predicted molar refractivity (Wildman–Crippen MR) is 56.0 cm³/mol. The molecular formula is C11H11NO4. The van der Waals surface area contributed by atoms with Crippen molar-refractivity contribution < 1.29 is 14.5 Å². The summed E-state index contributed by atoms with van der Waals surface area (Å²) in [6, 6.07) is 6.24. The summed E-state index contributed by atoms with van der Waals surface area (Å²) in [5.41, 5.74) is 0.723. The summed E-state index contributed by atoms with van der Waals surface area (Å²) >= 11 is 0. The smallest absolute Gasteiger partial charge is 0.269 e. The molecule has 1 saturated heterocycles. The Hall–Kier alpha value is -1.75. The molecule has 16 heavy (non-hydrogen) atoms. The first-order valence-electron chi connectivity index (χ1n) is 5.04. The van der Waals surface area contributed by atoms with E-state index in [-0.39, 0.29) is 17.6 Å². The van der Waals surface area contributed by atoms with Gasteiger partial charge in [-0.05, 0) is 5.56 Å². The van der Waals surface area contributed by atoms with Crippen LogP contribution in [-0.2, 0) is 9.53 Å². The lowest BCUT2D eigenvalue weighted by atomic mass is 10.0. The Morgan fingerprint density at radius 2 is 2.25 bits per heavy atom. The number of ketones is 1. The van der Waals surface area contributed by atoms with Gasteiger partial charge in [0.1, 0.15) is 5.78 Å². The molecule has 0 N–H and O–H groups in total. The first kappa shape index (κ1) is 10.8. The first-order valence-corrected chi connectivity index (χ1v) is 5.04. The summed E-state index contributed by atoms with van der Waals surface area (Å²) in [7, 11) is 0. The average molecular weight is 221 g/mol. The molecule has 0 aliphatic carbocycles. The van der Waals surface area contributed by atoms with Crippen molar-refractivity contribution in [2.45, 2.75) is 18.9 Å². The van der Waals surface area contributed by atoms with E-state index < -0.39 is 4.92 Å². The minimum absolute atomic E-state index is 0.0270. The highest BCUT2D eigenvalue weighted by molar-refractivity contribution is 5.79. The zero-order valence-corrected chi connectivity index (χ0v) is 8.59. The SMILES string of the molecule is O=C1CCOC(c2cccc([N+](=O)[O-])c2)C1. The van der Waals surface area contributed by atoms with Gasteiger partial charge in [-0.3, -0.25) is 14.9 Å². The quantitative estimate of drug-likeness (QED) is 0.565. The van der Waals surface area contributed by atoms with E-state index in [0.717, 1.165) is 0 Å². The molecule has 0 saturated carbocycles. The minimum atomic E-state index is -0.450. The highest BCUT2D eigenvalue weighted by atomic mass is 16.6. The minimum Gasteiger partial charge on any atom is -0.373 e. The van der Waals surface area contributed by atoms with Crippen LogP contribution in [0.2, 0.25) is 0 Å². The lowest BCUT2D eigenvalue weighted by molar-refractivity contribution is -0.385. The zero-order chi connectivity index (χ0) is 11.5. The molecule has 0 radical (unpaired) electrons. The second kappa shape index (κ2) is 4.40. The summed E-state index contributed by atoms with van der Waals surface area (Å²) in [6.45, 7) is 0.395. The van der Waals surface area contributed by atoms with E-state index in [0.29, 0.717) is 25.0 Å². The molecule has 5 nitrogen and oxygen atoms in total. The standard InChI is InChI=1S/C11H11NO4/c13-10-4-5-16-11(7-10)8-2-1-3-9(6-8)12(14)15/h1-3,6,11H,4-5,7H2. The lowest BCUT2D eigenvalue weighted by Gasteiger charge is -2.21. The van der Waals surface area contributed by atoms with Crippen LogP contribution >= 0.6 is 0 Å². The van der Waals surface area contributed by atoms with E-state index in [4.69, 9.17) is 4.74 Å². The Bertz CT molecular complexity index is 430. The van der Waals surface area contributed by atoms with Gasteiger partial charge in [0.2, 0.25) is 0 Å². The van der Waals surface area contributed by atoms with E-state index in [2.05, 4.69) is 0 Å². The molecule has 1 fully saturated rings. The number of carbonyl (C=O) groups is 1. The number of hydrogen-bond donors (Lipinski definition) is 0. The van der Waals surface area contributed by atoms with Gasteiger partial charge in [-0.2, -0.15) is 0 Å². The molecule has 0 aromatic heterocycles. The fraction of sp³-hybridized carbons (Fsp3) is 0.364. The Balaban J connectivity index is 2.22. The Morgan fingerprint density at radius 3 is 2.94 bits per heavy atom. The van der Waals surface area contributed by atoms with Gasteiger partial charge in [-0.25, -0.2) is 0 Å². The van der Waals surface area contributed by atoms with Crippen LogP contribution in [0.3, 0.4) is 0 Å². The van der Waals surface area contributed by atoms with Crippen molar-refractivity contribution in [1.82, 2.24) is 0 Å². The highest BCUT2D eigenvalue weighted by Crippen LogP contribution is 2.28. The molecule has 0 bridgehead atoms. The summed E-state index contributed by atoms with van der Waals surface area (Å²) in [5, 5.41) is 10.6. The van der Waals surface area contributed by atoms with Crippen LogP contribution < -0.4 is 0 Å². The monoisotopic (exact) mass is 221 g/mol. The number of nitrogens with zero attached hydrogens (tertiary/aromatic N) is 1. The first-order chi connectivity index (χ1) is 7.66. The molecular weight excluding hydrogens is 210 g/mol. The molecule has 1 atom stereocenters.